The van der Waals surface area contributed by atoms with Crippen LogP contribution in [0, 0.1) is 0 Å². The first-order valence-electron chi connectivity index (χ1n) is 7.82. The van der Waals surface area contributed by atoms with Gasteiger partial charge in [0, 0.05) is 25.9 Å². The summed E-state index contributed by atoms with van der Waals surface area (Å²) in [7, 11) is 2.08. The molecular weight excluding hydrogens is 242 g/mol. The SMILES string of the molecule is CN(CC1COC2(CCCC2)O1)CC1(O)CCCC1. The van der Waals surface area contributed by atoms with Crippen LogP contribution in [-0.2, 0) is 9.47 Å². The molecule has 1 spiro atoms. The Morgan fingerprint density at radius 3 is 2.42 bits per heavy atom. The van der Waals surface area contributed by atoms with Crippen LogP contribution in [0.25, 0.3) is 0 Å². The second-order valence-electron chi connectivity index (χ2n) is 6.80. The Labute approximate surface area is 116 Å². The zero-order valence-corrected chi connectivity index (χ0v) is 12.1. The number of rotatable bonds is 4. The molecule has 0 aromatic rings. The summed E-state index contributed by atoms with van der Waals surface area (Å²) in [6.07, 6.45) is 8.95. The molecule has 0 radical (unpaired) electrons. The van der Waals surface area contributed by atoms with Gasteiger partial charge in [0.1, 0.15) is 0 Å². The first kappa shape index (κ1) is 13.8. The Morgan fingerprint density at radius 1 is 1.11 bits per heavy atom. The molecule has 19 heavy (non-hydrogen) atoms. The molecule has 3 aliphatic rings. The van der Waals surface area contributed by atoms with Gasteiger partial charge in [-0.3, -0.25) is 0 Å². The van der Waals surface area contributed by atoms with E-state index in [2.05, 4.69) is 11.9 Å². The molecule has 1 unspecified atom stereocenters. The number of nitrogens with zero attached hydrogens (tertiary/aromatic N) is 1. The van der Waals surface area contributed by atoms with E-state index in [0.29, 0.717) is 6.61 Å². The molecule has 1 N–H and O–H groups in total. The van der Waals surface area contributed by atoms with Gasteiger partial charge in [-0.25, -0.2) is 0 Å². The third-order valence-electron chi connectivity index (χ3n) is 4.89. The first-order valence-corrected chi connectivity index (χ1v) is 7.82. The fraction of sp³-hybridized carbons (Fsp3) is 1.00. The number of likely N-dealkylation sites (N-methyl/N-ethyl adjacent to an activating group) is 1. The zero-order chi connectivity index (χ0) is 13.3. The van der Waals surface area contributed by atoms with E-state index < -0.39 is 5.60 Å². The van der Waals surface area contributed by atoms with E-state index in [4.69, 9.17) is 9.47 Å². The van der Waals surface area contributed by atoms with Crippen LogP contribution in [0.15, 0.2) is 0 Å². The first-order chi connectivity index (χ1) is 9.09. The lowest BCUT2D eigenvalue weighted by Gasteiger charge is -2.30. The topological polar surface area (TPSA) is 41.9 Å². The van der Waals surface area contributed by atoms with Gasteiger partial charge in [-0.15, -0.1) is 0 Å². The molecule has 4 heteroatoms. The van der Waals surface area contributed by atoms with Crippen molar-refractivity contribution in [2.75, 3.05) is 26.7 Å². The third kappa shape index (κ3) is 3.13. The minimum absolute atomic E-state index is 0.174. The van der Waals surface area contributed by atoms with E-state index in [0.717, 1.165) is 51.6 Å². The van der Waals surface area contributed by atoms with Crippen molar-refractivity contribution in [2.24, 2.45) is 0 Å². The van der Waals surface area contributed by atoms with Crippen molar-refractivity contribution >= 4 is 0 Å². The maximum Gasteiger partial charge on any atom is 0.168 e. The zero-order valence-electron chi connectivity index (χ0n) is 12.1. The lowest BCUT2D eigenvalue weighted by atomic mass is 10.0. The second kappa shape index (κ2) is 5.32. The fourth-order valence-electron chi connectivity index (χ4n) is 3.99. The summed E-state index contributed by atoms with van der Waals surface area (Å²) in [5.74, 6) is -0.254. The van der Waals surface area contributed by atoms with Crippen molar-refractivity contribution in [1.82, 2.24) is 4.90 Å². The predicted molar refractivity (Wildman–Crippen MR) is 72.9 cm³/mol. The highest BCUT2D eigenvalue weighted by molar-refractivity contribution is 4.89. The smallest absolute Gasteiger partial charge is 0.168 e. The van der Waals surface area contributed by atoms with Crippen molar-refractivity contribution in [1.29, 1.82) is 0 Å². The van der Waals surface area contributed by atoms with Crippen LogP contribution in [0.3, 0.4) is 0 Å². The van der Waals surface area contributed by atoms with Crippen LogP contribution in [0.2, 0.25) is 0 Å². The van der Waals surface area contributed by atoms with Gasteiger partial charge in [-0.1, -0.05) is 12.8 Å². The molecule has 0 aromatic heterocycles. The molecule has 3 fully saturated rings. The summed E-state index contributed by atoms with van der Waals surface area (Å²) < 4.78 is 12.0. The van der Waals surface area contributed by atoms with Crippen molar-refractivity contribution in [3.8, 4) is 0 Å². The molecule has 1 heterocycles. The van der Waals surface area contributed by atoms with Crippen LogP contribution in [0.5, 0.6) is 0 Å². The maximum absolute atomic E-state index is 10.4. The summed E-state index contributed by atoms with van der Waals surface area (Å²) >= 11 is 0. The van der Waals surface area contributed by atoms with Gasteiger partial charge < -0.3 is 19.5 Å². The molecule has 3 rings (SSSR count). The van der Waals surface area contributed by atoms with E-state index in [9.17, 15) is 5.11 Å². The average molecular weight is 269 g/mol. The van der Waals surface area contributed by atoms with Gasteiger partial charge in [-0.2, -0.15) is 0 Å². The number of hydrogen-bond donors (Lipinski definition) is 1. The molecule has 110 valence electrons. The quantitative estimate of drug-likeness (QED) is 0.846. The van der Waals surface area contributed by atoms with Gasteiger partial charge in [0.15, 0.2) is 5.79 Å². The van der Waals surface area contributed by atoms with Crippen LogP contribution in [0.4, 0.5) is 0 Å². The minimum Gasteiger partial charge on any atom is -0.389 e. The number of ether oxygens (including phenoxy) is 2. The molecule has 4 nitrogen and oxygen atoms in total. The molecule has 0 amide bonds. The largest absolute Gasteiger partial charge is 0.389 e. The standard InChI is InChI=1S/C15H27NO3/c1-16(12-14(17)6-2-3-7-14)10-13-11-18-15(19-13)8-4-5-9-15/h13,17H,2-12H2,1H3. The molecule has 2 saturated carbocycles. The Kier molecular flexibility index (Phi) is 3.87. The van der Waals surface area contributed by atoms with Gasteiger partial charge in [0.2, 0.25) is 0 Å². The minimum atomic E-state index is -0.459. The third-order valence-corrected chi connectivity index (χ3v) is 4.89. The van der Waals surface area contributed by atoms with Gasteiger partial charge >= 0.3 is 0 Å². The van der Waals surface area contributed by atoms with Crippen LogP contribution in [-0.4, -0.2) is 54.2 Å². The summed E-state index contributed by atoms with van der Waals surface area (Å²) in [4.78, 5) is 2.22. The number of hydrogen-bond acceptors (Lipinski definition) is 4. The van der Waals surface area contributed by atoms with Crippen molar-refractivity contribution in [2.45, 2.75) is 68.9 Å². The summed E-state index contributed by atoms with van der Waals surface area (Å²) in [6.45, 7) is 2.34. The number of aliphatic hydroxyl groups is 1. The molecule has 0 aromatic carbocycles. The molecule has 1 atom stereocenters. The Balaban J connectivity index is 1.46. The van der Waals surface area contributed by atoms with Gasteiger partial charge in [0.05, 0.1) is 18.3 Å². The lowest BCUT2D eigenvalue weighted by molar-refractivity contribution is -0.163. The second-order valence-corrected chi connectivity index (χ2v) is 6.80. The molecule has 0 bridgehead atoms. The lowest BCUT2D eigenvalue weighted by Crippen LogP contribution is -2.42. The average Bonchev–Trinajstić information content (AvgIpc) is 3.04. The predicted octanol–water partition coefficient (Wildman–Crippen LogP) is 1.91. The molecular formula is C15H27NO3. The highest BCUT2D eigenvalue weighted by atomic mass is 16.7. The van der Waals surface area contributed by atoms with E-state index >= 15 is 0 Å². The van der Waals surface area contributed by atoms with Gasteiger partial charge in [-0.05, 0) is 32.7 Å². The normalized spacial score (nSPS) is 32.7. The monoisotopic (exact) mass is 269 g/mol. The fourth-order valence-corrected chi connectivity index (χ4v) is 3.99. The highest BCUT2D eigenvalue weighted by Crippen LogP contribution is 2.39. The van der Waals surface area contributed by atoms with E-state index in [1.54, 1.807) is 0 Å². The van der Waals surface area contributed by atoms with E-state index in [-0.39, 0.29) is 11.9 Å². The van der Waals surface area contributed by atoms with Crippen molar-refractivity contribution in [3.63, 3.8) is 0 Å². The van der Waals surface area contributed by atoms with Gasteiger partial charge in [0.25, 0.3) is 0 Å². The van der Waals surface area contributed by atoms with E-state index in [1.807, 2.05) is 0 Å². The summed E-state index contributed by atoms with van der Waals surface area (Å²) in [5.41, 5.74) is -0.459. The molecule has 2 aliphatic carbocycles. The highest BCUT2D eigenvalue weighted by Gasteiger charge is 2.44. The Bertz CT molecular complexity index is 309. The maximum atomic E-state index is 10.4. The van der Waals surface area contributed by atoms with Crippen LogP contribution >= 0.6 is 0 Å². The Hall–Kier alpha value is -0.160. The van der Waals surface area contributed by atoms with Crippen LogP contribution < -0.4 is 0 Å². The molecule has 1 saturated heterocycles. The Morgan fingerprint density at radius 2 is 1.74 bits per heavy atom. The van der Waals surface area contributed by atoms with Crippen molar-refractivity contribution in [3.05, 3.63) is 0 Å². The van der Waals surface area contributed by atoms with E-state index in [1.165, 1.54) is 12.8 Å². The molecule has 1 aliphatic heterocycles. The van der Waals surface area contributed by atoms with Crippen molar-refractivity contribution < 1.29 is 14.6 Å². The summed E-state index contributed by atoms with van der Waals surface area (Å²) in [5, 5.41) is 10.4. The summed E-state index contributed by atoms with van der Waals surface area (Å²) in [6, 6.07) is 0. The van der Waals surface area contributed by atoms with Crippen LogP contribution in [0.1, 0.15) is 51.4 Å².